The third-order valence-electron chi connectivity index (χ3n) is 5.12. The summed E-state index contributed by atoms with van der Waals surface area (Å²) < 4.78 is 13.3. The van der Waals surface area contributed by atoms with E-state index in [0.717, 1.165) is 13.0 Å². The second kappa shape index (κ2) is 9.14. The van der Waals surface area contributed by atoms with Crippen LogP contribution in [0.3, 0.4) is 0 Å². The number of nitrogens with one attached hydrogen (secondary N) is 1. The van der Waals surface area contributed by atoms with Gasteiger partial charge in [-0.25, -0.2) is 9.37 Å². The monoisotopic (exact) mass is 437 g/mol. The van der Waals surface area contributed by atoms with E-state index >= 15 is 0 Å². The molecule has 2 heterocycles. The first-order chi connectivity index (χ1) is 15.0. The van der Waals surface area contributed by atoms with Crippen molar-refractivity contribution in [3.63, 3.8) is 0 Å². The summed E-state index contributed by atoms with van der Waals surface area (Å²) in [6, 6.07) is 14.5. The van der Waals surface area contributed by atoms with Gasteiger partial charge >= 0.3 is 0 Å². The highest BCUT2D eigenvalue weighted by Gasteiger charge is 2.18. The van der Waals surface area contributed by atoms with Crippen molar-refractivity contribution >= 4 is 34.8 Å². The molecule has 3 N–H and O–H groups in total. The van der Waals surface area contributed by atoms with Gasteiger partial charge in [0, 0.05) is 25.8 Å². The fraction of sp³-hybridized carbons (Fsp3) is 0.174. The number of nitrogens with zero attached hydrogens (tertiary/aromatic N) is 3. The number of nitrogens with two attached hydrogens (primary N) is 1. The van der Waals surface area contributed by atoms with Crippen LogP contribution in [0.5, 0.6) is 0 Å². The maximum absolute atomic E-state index is 13.3. The first-order valence-electron chi connectivity index (χ1n) is 9.85. The molecule has 0 radical (unpaired) electrons. The van der Waals surface area contributed by atoms with Crippen LogP contribution >= 0.6 is 11.6 Å². The van der Waals surface area contributed by atoms with Gasteiger partial charge in [0.25, 0.3) is 5.91 Å². The van der Waals surface area contributed by atoms with Gasteiger partial charge in [-0.05, 0) is 35.3 Å². The molecule has 158 valence electrons. The number of benzene rings is 2. The molecule has 2 aromatic carbocycles. The molecule has 1 aliphatic heterocycles. The van der Waals surface area contributed by atoms with Crippen molar-refractivity contribution in [1.82, 2.24) is 15.3 Å². The first kappa shape index (κ1) is 20.8. The fourth-order valence-corrected chi connectivity index (χ4v) is 3.61. The number of aromatic nitrogens is 2. The second-order valence-electron chi connectivity index (χ2n) is 7.19. The average Bonchev–Trinajstić information content (AvgIpc) is 2.80. The van der Waals surface area contributed by atoms with Crippen LogP contribution in [0.25, 0.3) is 5.57 Å². The normalized spacial score (nSPS) is 13.6. The predicted octanol–water partition coefficient (Wildman–Crippen LogP) is 4.08. The van der Waals surface area contributed by atoms with Crippen LogP contribution in [0.4, 0.5) is 16.2 Å². The van der Waals surface area contributed by atoms with Gasteiger partial charge < -0.3 is 16.0 Å². The van der Waals surface area contributed by atoms with Crippen LogP contribution in [-0.2, 0) is 6.54 Å². The minimum absolute atomic E-state index is 0.00459. The van der Waals surface area contributed by atoms with Gasteiger partial charge in [0.1, 0.15) is 11.6 Å². The summed E-state index contributed by atoms with van der Waals surface area (Å²) >= 11 is 5.77. The summed E-state index contributed by atoms with van der Waals surface area (Å²) in [6.45, 7) is 1.61. The van der Waals surface area contributed by atoms with Gasteiger partial charge in [0.2, 0.25) is 5.95 Å². The largest absolute Gasteiger partial charge is 0.383 e. The van der Waals surface area contributed by atoms with E-state index in [4.69, 9.17) is 17.3 Å². The van der Waals surface area contributed by atoms with Crippen LogP contribution in [0.15, 0.2) is 60.8 Å². The highest BCUT2D eigenvalue weighted by molar-refractivity contribution is 6.30. The number of halogens is 2. The Balaban J connectivity index is 1.40. The van der Waals surface area contributed by atoms with Gasteiger partial charge in [-0.2, -0.15) is 4.98 Å². The molecule has 0 atom stereocenters. The number of hydrogen-bond acceptors (Lipinski definition) is 5. The zero-order chi connectivity index (χ0) is 21.8. The Morgan fingerprint density at radius 3 is 2.71 bits per heavy atom. The predicted molar refractivity (Wildman–Crippen MR) is 120 cm³/mol. The topological polar surface area (TPSA) is 84.1 Å². The highest BCUT2D eigenvalue weighted by atomic mass is 35.5. The Kier molecular flexibility index (Phi) is 6.13. The number of carbonyl (C=O) groups excluding carboxylic acids is 1. The van der Waals surface area contributed by atoms with Crippen molar-refractivity contribution in [3.8, 4) is 0 Å². The number of nitrogen functional groups attached to an aromatic ring is 1. The van der Waals surface area contributed by atoms with E-state index in [1.54, 1.807) is 6.07 Å². The van der Waals surface area contributed by atoms with Crippen molar-refractivity contribution in [1.29, 1.82) is 0 Å². The summed E-state index contributed by atoms with van der Waals surface area (Å²) in [7, 11) is 0. The van der Waals surface area contributed by atoms with Crippen LogP contribution in [-0.4, -0.2) is 29.0 Å². The Bertz CT molecular complexity index is 1140. The first-order valence-corrected chi connectivity index (χ1v) is 10.2. The molecule has 0 fully saturated rings. The van der Waals surface area contributed by atoms with Crippen molar-refractivity contribution in [2.75, 3.05) is 23.7 Å². The second-order valence-corrected chi connectivity index (χ2v) is 7.60. The zero-order valence-electron chi connectivity index (χ0n) is 16.7. The van der Waals surface area contributed by atoms with Gasteiger partial charge in [-0.1, -0.05) is 54.1 Å². The minimum Gasteiger partial charge on any atom is -0.383 e. The van der Waals surface area contributed by atoms with Gasteiger partial charge in [-0.15, -0.1) is 0 Å². The zero-order valence-corrected chi connectivity index (χ0v) is 17.4. The Morgan fingerprint density at radius 2 is 2.03 bits per heavy atom. The molecular formula is C23H21ClFN5O. The smallest absolute Gasteiger partial charge is 0.256 e. The molecule has 31 heavy (non-hydrogen) atoms. The van der Waals surface area contributed by atoms with Gasteiger partial charge in [0.05, 0.1) is 10.6 Å². The van der Waals surface area contributed by atoms with E-state index in [-0.39, 0.29) is 22.9 Å². The van der Waals surface area contributed by atoms with Crippen LogP contribution < -0.4 is 16.0 Å². The molecule has 0 unspecified atom stereocenters. The summed E-state index contributed by atoms with van der Waals surface area (Å²) in [5.41, 5.74) is 9.41. The summed E-state index contributed by atoms with van der Waals surface area (Å²) in [5.74, 6) is -0.317. The Labute approximate surface area is 184 Å². The lowest BCUT2D eigenvalue weighted by Crippen LogP contribution is -2.31. The molecule has 1 amide bonds. The summed E-state index contributed by atoms with van der Waals surface area (Å²) in [6.07, 6.45) is 4.46. The van der Waals surface area contributed by atoms with E-state index in [9.17, 15) is 9.18 Å². The lowest BCUT2D eigenvalue weighted by atomic mass is 10.00. The van der Waals surface area contributed by atoms with Crippen LogP contribution in [0, 0.1) is 5.82 Å². The third kappa shape index (κ3) is 4.83. The standard InChI is InChI=1S/C23H21ClFN5O/c24-19-12-15(6-7-20(19)25)13-27-22(31)18-14-28-23(29-21(18)26)30-10-8-17(9-11-30)16-4-2-1-3-5-16/h1-8,12,14H,9-11,13H2,(H,27,31)(H2,26,28,29). The number of carbonyl (C=O) groups is 1. The molecular weight excluding hydrogens is 417 g/mol. The third-order valence-corrected chi connectivity index (χ3v) is 5.41. The molecule has 3 aromatic rings. The minimum atomic E-state index is -0.506. The number of amides is 1. The molecule has 0 saturated carbocycles. The van der Waals surface area contributed by atoms with E-state index in [0.29, 0.717) is 18.1 Å². The summed E-state index contributed by atoms with van der Waals surface area (Å²) in [4.78, 5) is 23.2. The van der Waals surface area contributed by atoms with E-state index in [2.05, 4.69) is 33.5 Å². The van der Waals surface area contributed by atoms with E-state index in [1.165, 1.54) is 29.5 Å². The van der Waals surface area contributed by atoms with Crippen molar-refractivity contribution < 1.29 is 9.18 Å². The molecule has 1 aliphatic rings. The lowest BCUT2D eigenvalue weighted by Gasteiger charge is -2.27. The highest BCUT2D eigenvalue weighted by Crippen LogP contribution is 2.24. The lowest BCUT2D eigenvalue weighted by molar-refractivity contribution is 0.0951. The summed E-state index contributed by atoms with van der Waals surface area (Å²) in [5, 5.41) is 2.73. The molecule has 8 heteroatoms. The van der Waals surface area contributed by atoms with Crippen molar-refractivity contribution in [2.45, 2.75) is 13.0 Å². The molecule has 0 aliphatic carbocycles. The number of anilines is 2. The quantitative estimate of drug-likeness (QED) is 0.628. The van der Waals surface area contributed by atoms with Gasteiger partial charge in [0.15, 0.2) is 0 Å². The Morgan fingerprint density at radius 1 is 1.23 bits per heavy atom. The van der Waals surface area contributed by atoms with Gasteiger partial charge in [-0.3, -0.25) is 4.79 Å². The number of hydrogen-bond donors (Lipinski definition) is 2. The maximum Gasteiger partial charge on any atom is 0.256 e. The molecule has 0 spiro atoms. The van der Waals surface area contributed by atoms with Crippen molar-refractivity contribution in [3.05, 3.63) is 88.3 Å². The van der Waals surface area contributed by atoms with Crippen LogP contribution in [0.1, 0.15) is 27.9 Å². The molecule has 0 bridgehead atoms. The fourth-order valence-electron chi connectivity index (χ4n) is 3.40. The maximum atomic E-state index is 13.3. The molecule has 1 aromatic heterocycles. The SMILES string of the molecule is Nc1nc(N2CC=C(c3ccccc3)CC2)ncc1C(=O)NCc1ccc(F)c(Cl)c1. The van der Waals surface area contributed by atoms with E-state index < -0.39 is 11.7 Å². The average molecular weight is 438 g/mol. The van der Waals surface area contributed by atoms with Crippen molar-refractivity contribution in [2.24, 2.45) is 0 Å². The van der Waals surface area contributed by atoms with Crippen LogP contribution in [0.2, 0.25) is 5.02 Å². The molecule has 4 rings (SSSR count). The molecule has 0 saturated heterocycles. The molecule has 6 nitrogen and oxygen atoms in total. The Hall–Kier alpha value is -3.45. The van der Waals surface area contributed by atoms with E-state index in [1.807, 2.05) is 23.1 Å². The number of rotatable bonds is 5.